The number of aromatic nitrogens is 3. The Morgan fingerprint density at radius 2 is 2.11 bits per heavy atom. The fourth-order valence-electron chi connectivity index (χ4n) is 4.70. The first kappa shape index (κ1) is 17.7. The number of hydrogen-bond donors (Lipinski definition) is 0. The molecule has 1 amide bonds. The summed E-state index contributed by atoms with van der Waals surface area (Å²) in [6.07, 6.45) is 4.80. The minimum atomic E-state index is -0.143. The second kappa shape index (κ2) is 6.88. The van der Waals surface area contributed by atoms with E-state index in [2.05, 4.69) is 17.2 Å². The predicted molar refractivity (Wildman–Crippen MR) is 103 cm³/mol. The lowest BCUT2D eigenvalue weighted by Crippen LogP contribution is -2.48. The van der Waals surface area contributed by atoms with Crippen LogP contribution in [0.4, 0.5) is 0 Å². The number of para-hydroxylation sites is 1. The van der Waals surface area contributed by atoms with Gasteiger partial charge in [0.05, 0.1) is 37.5 Å². The third-order valence-corrected chi connectivity index (χ3v) is 6.37. The van der Waals surface area contributed by atoms with E-state index < -0.39 is 0 Å². The second-order valence-corrected chi connectivity index (χ2v) is 8.07. The fourth-order valence-corrected chi connectivity index (χ4v) is 4.70. The predicted octanol–water partition coefficient (Wildman–Crippen LogP) is 2.54. The summed E-state index contributed by atoms with van der Waals surface area (Å²) in [5.74, 6) is 1.55. The molecule has 28 heavy (non-hydrogen) atoms. The van der Waals surface area contributed by atoms with Crippen LogP contribution in [-0.4, -0.2) is 58.7 Å². The molecule has 2 heterocycles. The summed E-state index contributed by atoms with van der Waals surface area (Å²) in [6, 6.07) is 8.23. The zero-order chi connectivity index (χ0) is 19.1. The Balaban J connectivity index is 1.28. The standard InChI is InChI=1S/C21H26N4O3/c1-2-9-28-19-6-4-3-5-15(19)17-14-25(23-22-17)18-13-21(12-16(18)21)20(26)24-7-10-27-11-8-24/h3-6,14,16,18H,2,7-13H2,1H3/t16-,18+,21-/m0/s1. The normalized spacial score (nSPS) is 28.4. The Hall–Kier alpha value is -2.41. The zero-order valence-electron chi connectivity index (χ0n) is 16.2. The summed E-state index contributed by atoms with van der Waals surface area (Å²) < 4.78 is 13.2. The molecule has 3 aliphatic rings. The number of rotatable bonds is 6. The topological polar surface area (TPSA) is 69.5 Å². The first-order valence-electron chi connectivity index (χ1n) is 10.2. The highest BCUT2D eigenvalue weighted by molar-refractivity contribution is 5.88. The smallest absolute Gasteiger partial charge is 0.229 e. The van der Waals surface area contributed by atoms with Crippen molar-refractivity contribution in [2.45, 2.75) is 32.2 Å². The van der Waals surface area contributed by atoms with E-state index in [1.165, 1.54) is 0 Å². The Kier molecular flexibility index (Phi) is 4.34. The van der Waals surface area contributed by atoms with Crippen molar-refractivity contribution < 1.29 is 14.3 Å². The molecule has 0 radical (unpaired) electrons. The molecule has 0 bridgehead atoms. The first-order valence-corrected chi connectivity index (χ1v) is 10.2. The molecule has 1 aromatic heterocycles. The van der Waals surface area contributed by atoms with E-state index in [0.29, 0.717) is 31.6 Å². The maximum Gasteiger partial charge on any atom is 0.229 e. The number of fused-ring (bicyclic) bond motifs is 1. The lowest BCUT2D eigenvalue weighted by molar-refractivity contribution is -0.145. The molecule has 2 aromatic rings. The number of carbonyl (C=O) groups is 1. The second-order valence-electron chi connectivity index (χ2n) is 8.07. The lowest BCUT2D eigenvalue weighted by Gasteiger charge is -2.38. The van der Waals surface area contributed by atoms with E-state index in [1.54, 1.807) is 0 Å². The molecule has 0 spiro atoms. The summed E-state index contributed by atoms with van der Waals surface area (Å²) in [6.45, 7) is 5.53. The van der Waals surface area contributed by atoms with Crippen LogP contribution in [0.2, 0.25) is 0 Å². The van der Waals surface area contributed by atoms with Crippen LogP contribution < -0.4 is 4.74 Å². The highest BCUT2D eigenvalue weighted by Crippen LogP contribution is 2.73. The lowest BCUT2D eigenvalue weighted by atomic mass is 9.78. The maximum atomic E-state index is 12.9. The van der Waals surface area contributed by atoms with Gasteiger partial charge in [-0.05, 0) is 37.3 Å². The molecule has 1 aromatic carbocycles. The van der Waals surface area contributed by atoms with Crippen molar-refractivity contribution >= 4 is 5.91 Å². The number of morpholine rings is 1. The van der Waals surface area contributed by atoms with Crippen molar-refractivity contribution in [1.29, 1.82) is 0 Å². The van der Waals surface area contributed by atoms with Gasteiger partial charge in [-0.2, -0.15) is 0 Å². The minimum absolute atomic E-state index is 0.143. The molecule has 0 N–H and O–H groups in total. The Morgan fingerprint density at radius 1 is 1.29 bits per heavy atom. The molecule has 3 fully saturated rings. The summed E-state index contributed by atoms with van der Waals surface area (Å²) in [5.41, 5.74) is 1.65. The van der Waals surface area contributed by atoms with Crippen molar-refractivity contribution in [2.75, 3.05) is 32.9 Å². The van der Waals surface area contributed by atoms with Gasteiger partial charge < -0.3 is 14.4 Å². The van der Waals surface area contributed by atoms with Crippen LogP contribution in [0.25, 0.3) is 11.3 Å². The number of ether oxygens (including phenoxy) is 2. The Morgan fingerprint density at radius 3 is 2.89 bits per heavy atom. The maximum absolute atomic E-state index is 12.9. The first-order chi connectivity index (χ1) is 13.7. The van der Waals surface area contributed by atoms with Gasteiger partial charge in [0.2, 0.25) is 5.91 Å². The van der Waals surface area contributed by atoms with Crippen LogP contribution in [0, 0.1) is 11.3 Å². The number of carbonyl (C=O) groups excluding carboxylic acids is 1. The van der Waals surface area contributed by atoms with E-state index in [0.717, 1.165) is 49.4 Å². The molecular weight excluding hydrogens is 356 g/mol. The average Bonchev–Trinajstić information content (AvgIpc) is 3.08. The molecule has 5 rings (SSSR count). The summed E-state index contributed by atoms with van der Waals surface area (Å²) in [7, 11) is 0. The number of amides is 1. The highest BCUT2D eigenvalue weighted by atomic mass is 16.5. The van der Waals surface area contributed by atoms with Gasteiger partial charge in [-0.1, -0.05) is 24.3 Å². The molecule has 1 saturated heterocycles. The molecule has 0 unspecified atom stereocenters. The van der Waals surface area contributed by atoms with E-state index in [4.69, 9.17) is 9.47 Å². The van der Waals surface area contributed by atoms with Gasteiger partial charge in [0.25, 0.3) is 0 Å². The van der Waals surface area contributed by atoms with Gasteiger partial charge in [0.15, 0.2) is 0 Å². The number of nitrogens with zero attached hydrogens (tertiary/aromatic N) is 4. The molecule has 1 aliphatic heterocycles. The van der Waals surface area contributed by atoms with E-state index >= 15 is 0 Å². The molecule has 2 saturated carbocycles. The molecular formula is C21H26N4O3. The largest absolute Gasteiger partial charge is 0.493 e. The molecule has 3 atom stereocenters. The van der Waals surface area contributed by atoms with Crippen molar-refractivity contribution in [1.82, 2.24) is 19.9 Å². The number of benzene rings is 1. The van der Waals surface area contributed by atoms with Gasteiger partial charge >= 0.3 is 0 Å². The van der Waals surface area contributed by atoms with Crippen molar-refractivity contribution in [3.05, 3.63) is 30.5 Å². The van der Waals surface area contributed by atoms with Crippen LogP contribution in [0.1, 0.15) is 32.2 Å². The molecule has 148 valence electrons. The Labute approximate surface area is 164 Å². The average molecular weight is 382 g/mol. The van der Waals surface area contributed by atoms with Gasteiger partial charge in [0.1, 0.15) is 11.4 Å². The van der Waals surface area contributed by atoms with Gasteiger partial charge in [0, 0.05) is 18.7 Å². The van der Waals surface area contributed by atoms with E-state index in [1.807, 2.05) is 40.0 Å². The van der Waals surface area contributed by atoms with Gasteiger partial charge in [-0.25, -0.2) is 4.68 Å². The van der Waals surface area contributed by atoms with E-state index in [-0.39, 0.29) is 11.5 Å². The minimum Gasteiger partial charge on any atom is -0.493 e. The van der Waals surface area contributed by atoms with Crippen LogP contribution in [0.15, 0.2) is 30.5 Å². The Bertz CT molecular complexity index is 876. The van der Waals surface area contributed by atoms with Crippen LogP contribution in [0.3, 0.4) is 0 Å². The van der Waals surface area contributed by atoms with Crippen LogP contribution >= 0.6 is 0 Å². The molecule has 2 aliphatic carbocycles. The van der Waals surface area contributed by atoms with Crippen molar-refractivity contribution in [2.24, 2.45) is 11.3 Å². The van der Waals surface area contributed by atoms with Gasteiger partial charge in [-0.3, -0.25) is 4.79 Å². The highest BCUT2D eigenvalue weighted by Gasteiger charge is 2.73. The third-order valence-electron chi connectivity index (χ3n) is 6.37. The molecule has 7 heteroatoms. The van der Waals surface area contributed by atoms with Crippen molar-refractivity contribution in [3.63, 3.8) is 0 Å². The zero-order valence-corrected chi connectivity index (χ0v) is 16.2. The number of hydrogen-bond acceptors (Lipinski definition) is 5. The summed E-state index contributed by atoms with van der Waals surface area (Å²) in [5, 5.41) is 8.77. The molecule has 7 nitrogen and oxygen atoms in total. The van der Waals surface area contributed by atoms with Crippen LogP contribution in [0.5, 0.6) is 5.75 Å². The van der Waals surface area contributed by atoms with Crippen molar-refractivity contribution in [3.8, 4) is 17.0 Å². The van der Waals surface area contributed by atoms with E-state index in [9.17, 15) is 4.79 Å². The third kappa shape index (κ3) is 2.80. The van der Waals surface area contributed by atoms with Gasteiger partial charge in [-0.15, -0.1) is 5.10 Å². The SMILES string of the molecule is CCCOc1ccccc1-c1cn([C@@H]2C[C@@]3(C(=O)N4CCOCC4)C[C@@H]23)nn1. The fraction of sp³-hybridized carbons (Fsp3) is 0.571. The quantitative estimate of drug-likeness (QED) is 0.768. The van der Waals surface area contributed by atoms with Crippen LogP contribution in [-0.2, 0) is 9.53 Å². The monoisotopic (exact) mass is 382 g/mol. The summed E-state index contributed by atoms with van der Waals surface area (Å²) in [4.78, 5) is 14.9. The summed E-state index contributed by atoms with van der Waals surface area (Å²) >= 11 is 0.